The number of hydrogen-bond acceptors (Lipinski definition) is 7. The lowest BCUT2D eigenvalue weighted by molar-refractivity contribution is -0.412. The molecule has 0 radical (unpaired) electrons. The molecule has 0 aromatic heterocycles. The van der Waals surface area contributed by atoms with Crippen molar-refractivity contribution in [3.8, 4) is 0 Å². The fraction of sp³-hybridized carbons (Fsp3) is 0.870. The third-order valence-corrected chi connectivity index (χ3v) is 4.23. The van der Waals surface area contributed by atoms with Gasteiger partial charge < -0.3 is 9.47 Å². The Hall–Kier alpha value is -0.990. The molecule has 0 bridgehead atoms. The zero-order chi connectivity index (χ0) is 23.2. The second-order valence-electron chi connectivity index (χ2n) is 10.9. The molecule has 1 saturated heterocycles. The van der Waals surface area contributed by atoms with Gasteiger partial charge in [0.05, 0.1) is 23.4 Å². The molecule has 2 unspecified atom stereocenters. The van der Waals surface area contributed by atoms with E-state index in [1.165, 1.54) is 0 Å². The second-order valence-corrected chi connectivity index (χ2v) is 10.9. The topological polar surface area (TPSA) is 75.8 Å². The molecule has 0 spiro atoms. The number of carbonyl (C=O) groups excluding carboxylic acids is 1. The summed E-state index contributed by atoms with van der Waals surface area (Å²) in [6, 6.07) is 0. The van der Waals surface area contributed by atoms with E-state index in [0.717, 1.165) is 0 Å². The highest BCUT2D eigenvalue weighted by atomic mass is 17.2. The molecular weight excluding hydrogens is 388 g/mol. The van der Waals surface area contributed by atoms with Crippen LogP contribution >= 0.6 is 0 Å². The van der Waals surface area contributed by atoms with Crippen molar-refractivity contribution in [2.45, 2.75) is 117 Å². The van der Waals surface area contributed by atoms with Crippen molar-refractivity contribution < 1.29 is 33.8 Å². The highest BCUT2D eigenvalue weighted by Crippen LogP contribution is 2.31. The smallest absolute Gasteiger partial charge is 0.333 e. The first kappa shape index (κ1) is 27.0. The van der Waals surface area contributed by atoms with Gasteiger partial charge in [-0.05, 0) is 88.5 Å². The Bertz CT molecular complexity index is 579. The second kappa shape index (κ2) is 10.6. The van der Waals surface area contributed by atoms with Crippen molar-refractivity contribution in [2.75, 3.05) is 13.2 Å². The lowest BCUT2D eigenvalue weighted by Gasteiger charge is -2.34. The summed E-state index contributed by atoms with van der Waals surface area (Å²) in [7, 11) is 0. The summed E-state index contributed by atoms with van der Waals surface area (Å²) in [6.07, 6.45) is 3.68. The van der Waals surface area contributed by atoms with E-state index in [1.54, 1.807) is 6.92 Å². The summed E-state index contributed by atoms with van der Waals surface area (Å²) in [5.74, 6) is -0.341. The molecular formula is C23H42O7. The standard InChI is InChI=1S/C23H42O7/c1-17(19(24)26-16-18-15-25-18)11-12-23(10,30-28-21(5,6)7)14-13-22(8,9)29-27-20(2,3)4/h11,18H,12-16H2,1-10H3/b17-11+. The van der Waals surface area contributed by atoms with Crippen LogP contribution in [-0.4, -0.2) is 47.7 Å². The van der Waals surface area contributed by atoms with Crippen LogP contribution in [0.3, 0.4) is 0 Å². The van der Waals surface area contributed by atoms with Crippen molar-refractivity contribution in [1.82, 2.24) is 0 Å². The molecule has 30 heavy (non-hydrogen) atoms. The van der Waals surface area contributed by atoms with Crippen LogP contribution < -0.4 is 0 Å². The summed E-state index contributed by atoms with van der Waals surface area (Å²) >= 11 is 0. The quantitative estimate of drug-likeness (QED) is 0.141. The molecule has 0 saturated carbocycles. The van der Waals surface area contributed by atoms with Crippen LogP contribution in [0.1, 0.15) is 88.5 Å². The number of carbonyl (C=O) groups is 1. The molecule has 0 aliphatic carbocycles. The van der Waals surface area contributed by atoms with Crippen molar-refractivity contribution in [3.05, 3.63) is 11.6 Å². The van der Waals surface area contributed by atoms with Gasteiger partial charge in [-0.15, -0.1) is 0 Å². The molecule has 2 atom stereocenters. The Morgan fingerprint density at radius 3 is 1.93 bits per heavy atom. The van der Waals surface area contributed by atoms with Gasteiger partial charge in [0, 0.05) is 5.57 Å². The van der Waals surface area contributed by atoms with Crippen LogP contribution in [0.5, 0.6) is 0 Å². The molecule has 1 aliphatic heterocycles. The van der Waals surface area contributed by atoms with Crippen LogP contribution in [0.2, 0.25) is 0 Å². The SMILES string of the molecule is C/C(=C\CC(C)(CCC(C)(C)OOC(C)(C)C)OOC(C)(C)C)C(=O)OCC1CO1. The summed E-state index contributed by atoms with van der Waals surface area (Å²) in [4.78, 5) is 34.8. The third-order valence-electron chi connectivity index (χ3n) is 4.23. The van der Waals surface area contributed by atoms with Crippen LogP contribution in [0.15, 0.2) is 11.6 Å². The molecule has 7 heteroatoms. The molecule has 0 N–H and O–H groups in total. The maximum atomic E-state index is 12.2. The zero-order valence-electron chi connectivity index (χ0n) is 20.5. The highest BCUT2D eigenvalue weighted by molar-refractivity contribution is 5.87. The fourth-order valence-electron chi connectivity index (χ4n) is 2.15. The Kier molecular flexibility index (Phi) is 9.51. The van der Waals surface area contributed by atoms with E-state index in [4.69, 9.17) is 29.0 Å². The van der Waals surface area contributed by atoms with Crippen molar-refractivity contribution >= 4 is 5.97 Å². The van der Waals surface area contributed by atoms with Crippen LogP contribution in [0.25, 0.3) is 0 Å². The van der Waals surface area contributed by atoms with Gasteiger partial charge in [-0.25, -0.2) is 24.3 Å². The molecule has 1 rings (SSSR count). The van der Waals surface area contributed by atoms with Crippen LogP contribution in [0, 0.1) is 0 Å². The zero-order valence-corrected chi connectivity index (χ0v) is 20.5. The number of esters is 1. The summed E-state index contributed by atoms with van der Waals surface area (Å²) < 4.78 is 10.3. The summed E-state index contributed by atoms with van der Waals surface area (Å²) in [5.41, 5.74) is -1.48. The Balaban J connectivity index is 2.73. The van der Waals surface area contributed by atoms with E-state index in [-0.39, 0.29) is 12.1 Å². The van der Waals surface area contributed by atoms with Gasteiger partial charge in [0.25, 0.3) is 0 Å². The number of hydrogen-bond donors (Lipinski definition) is 0. The van der Waals surface area contributed by atoms with Gasteiger partial charge in [0.1, 0.15) is 18.3 Å². The normalized spacial score (nSPS) is 20.1. The lowest BCUT2D eigenvalue weighted by Crippen LogP contribution is -2.37. The minimum absolute atomic E-state index is 0.0492. The number of rotatable bonds is 12. The molecule has 1 fully saturated rings. The van der Waals surface area contributed by atoms with E-state index < -0.39 is 22.4 Å². The Morgan fingerprint density at radius 2 is 1.43 bits per heavy atom. The number of ether oxygens (including phenoxy) is 2. The largest absolute Gasteiger partial charge is 0.459 e. The van der Waals surface area contributed by atoms with Crippen molar-refractivity contribution in [1.29, 1.82) is 0 Å². The van der Waals surface area contributed by atoms with Gasteiger partial charge in [0.15, 0.2) is 0 Å². The van der Waals surface area contributed by atoms with E-state index in [2.05, 4.69) is 0 Å². The first-order valence-corrected chi connectivity index (χ1v) is 10.7. The first-order chi connectivity index (χ1) is 13.5. The van der Waals surface area contributed by atoms with Gasteiger partial charge in [0.2, 0.25) is 0 Å². The molecule has 7 nitrogen and oxygen atoms in total. The molecule has 0 amide bonds. The third kappa shape index (κ3) is 12.6. The predicted molar refractivity (Wildman–Crippen MR) is 115 cm³/mol. The minimum atomic E-state index is -0.656. The molecule has 1 heterocycles. The maximum Gasteiger partial charge on any atom is 0.333 e. The fourth-order valence-corrected chi connectivity index (χ4v) is 2.15. The van der Waals surface area contributed by atoms with Gasteiger partial charge >= 0.3 is 5.97 Å². The van der Waals surface area contributed by atoms with Crippen LogP contribution in [-0.2, 0) is 33.8 Å². The molecule has 176 valence electrons. The molecule has 0 aromatic rings. The van der Waals surface area contributed by atoms with Crippen LogP contribution in [0.4, 0.5) is 0 Å². The van der Waals surface area contributed by atoms with Crippen molar-refractivity contribution in [2.24, 2.45) is 0 Å². The average molecular weight is 431 g/mol. The Morgan fingerprint density at radius 1 is 0.900 bits per heavy atom. The predicted octanol–water partition coefficient (Wildman–Crippen LogP) is 5.08. The van der Waals surface area contributed by atoms with Crippen molar-refractivity contribution in [3.63, 3.8) is 0 Å². The van der Waals surface area contributed by atoms with Gasteiger partial charge in [-0.3, -0.25) is 0 Å². The van der Waals surface area contributed by atoms with Gasteiger partial charge in [-0.2, -0.15) is 0 Å². The lowest BCUT2D eigenvalue weighted by atomic mass is 9.89. The Labute approximate surface area is 182 Å². The maximum absolute atomic E-state index is 12.2. The number of epoxide rings is 1. The molecule has 0 aromatic carbocycles. The highest BCUT2D eigenvalue weighted by Gasteiger charge is 2.33. The average Bonchev–Trinajstić information content (AvgIpc) is 3.43. The monoisotopic (exact) mass is 430 g/mol. The first-order valence-electron chi connectivity index (χ1n) is 10.7. The van der Waals surface area contributed by atoms with Gasteiger partial charge in [-0.1, -0.05) is 6.08 Å². The van der Waals surface area contributed by atoms with E-state index in [0.29, 0.717) is 38.0 Å². The summed E-state index contributed by atoms with van der Waals surface area (Å²) in [5, 5.41) is 0. The summed E-state index contributed by atoms with van der Waals surface area (Å²) in [6.45, 7) is 20.2. The van der Waals surface area contributed by atoms with E-state index in [9.17, 15) is 4.79 Å². The van der Waals surface area contributed by atoms with E-state index >= 15 is 0 Å². The minimum Gasteiger partial charge on any atom is -0.459 e. The molecule has 1 aliphatic rings. The van der Waals surface area contributed by atoms with E-state index in [1.807, 2.05) is 68.4 Å².